The first kappa shape index (κ1) is 17.3. The van der Waals surface area contributed by atoms with Crippen molar-refractivity contribution in [2.75, 3.05) is 20.2 Å². The Morgan fingerprint density at radius 1 is 1.29 bits per heavy atom. The van der Waals surface area contributed by atoms with Crippen molar-refractivity contribution in [1.82, 2.24) is 10.6 Å². The van der Waals surface area contributed by atoms with Crippen molar-refractivity contribution >= 4 is 29.9 Å². The molecule has 3 aliphatic carbocycles. The van der Waals surface area contributed by atoms with Crippen LogP contribution in [0, 0.1) is 11.3 Å². The zero-order chi connectivity index (χ0) is 14.0. The molecule has 2 atom stereocenters. The number of ether oxygens (including phenoxy) is 1. The van der Waals surface area contributed by atoms with Crippen molar-refractivity contribution in [2.45, 2.75) is 64.0 Å². The second-order valence-corrected chi connectivity index (χ2v) is 6.71. The smallest absolute Gasteiger partial charge is 0.191 e. The number of aliphatic imine (C=N–C) groups is 1. The van der Waals surface area contributed by atoms with Crippen LogP contribution < -0.4 is 10.6 Å². The molecule has 3 rings (SSSR count). The van der Waals surface area contributed by atoms with Gasteiger partial charge in [0.05, 0.1) is 6.10 Å². The molecule has 0 aromatic rings. The molecule has 2 unspecified atom stereocenters. The van der Waals surface area contributed by atoms with Gasteiger partial charge in [0.15, 0.2) is 5.96 Å². The Hall–Kier alpha value is -0.0400. The highest BCUT2D eigenvalue weighted by Gasteiger charge is 2.56. The summed E-state index contributed by atoms with van der Waals surface area (Å²) in [7, 11) is 1.88. The second-order valence-electron chi connectivity index (χ2n) is 6.71. The quantitative estimate of drug-likeness (QED) is 0.419. The van der Waals surface area contributed by atoms with E-state index in [9.17, 15) is 0 Å². The third-order valence-electron chi connectivity index (χ3n) is 5.48. The third kappa shape index (κ3) is 3.66. The highest BCUT2D eigenvalue weighted by Crippen LogP contribution is 2.54. The maximum absolute atomic E-state index is 5.97. The van der Waals surface area contributed by atoms with Gasteiger partial charge in [-0.05, 0) is 44.9 Å². The maximum Gasteiger partial charge on any atom is 0.191 e. The molecule has 0 bridgehead atoms. The predicted octanol–water partition coefficient (Wildman–Crippen LogP) is 2.92. The summed E-state index contributed by atoms with van der Waals surface area (Å²) in [4.78, 5) is 4.39. The second kappa shape index (κ2) is 7.49. The van der Waals surface area contributed by atoms with Gasteiger partial charge in [0.1, 0.15) is 0 Å². The first-order valence-electron chi connectivity index (χ1n) is 8.37. The maximum atomic E-state index is 5.97. The van der Waals surface area contributed by atoms with Gasteiger partial charge >= 0.3 is 0 Å². The summed E-state index contributed by atoms with van der Waals surface area (Å²) >= 11 is 0. The van der Waals surface area contributed by atoms with E-state index in [-0.39, 0.29) is 24.0 Å². The van der Waals surface area contributed by atoms with E-state index < -0.39 is 0 Å². The molecule has 1 spiro atoms. The zero-order valence-electron chi connectivity index (χ0n) is 13.4. The third-order valence-corrected chi connectivity index (χ3v) is 5.48. The van der Waals surface area contributed by atoms with E-state index in [2.05, 4.69) is 22.5 Å². The van der Waals surface area contributed by atoms with Crippen LogP contribution in [0.1, 0.15) is 51.9 Å². The molecule has 5 heteroatoms. The number of nitrogens with zero attached hydrogens (tertiary/aromatic N) is 1. The summed E-state index contributed by atoms with van der Waals surface area (Å²) in [6.45, 7) is 4.03. The average Bonchev–Trinajstić information content (AvgIpc) is 3.13. The van der Waals surface area contributed by atoms with Crippen molar-refractivity contribution in [1.29, 1.82) is 0 Å². The van der Waals surface area contributed by atoms with Gasteiger partial charge in [-0.3, -0.25) is 4.99 Å². The molecule has 0 amide bonds. The summed E-state index contributed by atoms with van der Waals surface area (Å²) in [5, 5.41) is 7.15. The minimum Gasteiger partial charge on any atom is -0.378 e. The van der Waals surface area contributed by atoms with Gasteiger partial charge < -0.3 is 15.4 Å². The van der Waals surface area contributed by atoms with Gasteiger partial charge in [-0.15, -0.1) is 24.0 Å². The number of guanidine groups is 1. The Morgan fingerprint density at radius 2 is 2.00 bits per heavy atom. The lowest BCUT2D eigenvalue weighted by Gasteiger charge is -2.54. The van der Waals surface area contributed by atoms with E-state index in [4.69, 9.17) is 4.74 Å². The van der Waals surface area contributed by atoms with Gasteiger partial charge in [-0.1, -0.05) is 12.8 Å². The Labute approximate surface area is 145 Å². The fraction of sp³-hybridized carbons (Fsp3) is 0.938. The largest absolute Gasteiger partial charge is 0.378 e. The minimum atomic E-state index is 0. The standard InChI is InChI=1S/C16H29N3O.HI/c1-3-20-14-10-13(16(14)8-4-5-9-16)19-15(17-2)18-11-12-6-7-12;/h12-14H,3-11H2,1-2H3,(H2,17,18,19);1H. The molecule has 3 aliphatic rings. The van der Waals surface area contributed by atoms with E-state index in [0.29, 0.717) is 17.6 Å². The van der Waals surface area contributed by atoms with Crippen molar-refractivity contribution < 1.29 is 4.74 Å². The van der Waals surface area contributed by atoms with Gasteiger partial charge in [-0.25, -0.2) is 0 Å². The molecule has 0 radical (unpaired) electrons. The van der Waals surface area contributed by atoms with E-state index >= 15 is 0 Å². The van der Waals surface area contributed by atoms with Gasteiger partial charge in [-0.2, -0.15) is 0 Å². The summed E-state index contributed by atoms with van der Waals surface area (Å²) in [5.74, 6) is 1.87. The van der Waals surface area contributed by atoms with Crippen LogP contribution in [-0.2, 0) is 4.74 Å². The average molecular weight is 407 g/mol. The van der Waals surface area contributed by atoms with Crippen LogP contribution in [0.15, 0.2) is 4.99 Å². The van der Waals surface area contributed by atoms with E-state index in [1.807, 2.05) is 7.05 Å². The predicted molar refractivity (Wildman–Crippen MR) is 97.4 cm³/mol. The van der Waals surface area contributed by atoms with Crippen molar-refractivity contribution in [3.05, 3.63) is 0 Å². The Morgan fingerprint density at radius 3 is 2.57 bits per heavy atom. The van der Waals surface area contributed by atoms with Crippen LogP contribution in [-0.4, -0.2) is 38.3 Å². The molecular weight excluding hydrogens is 377 g/mol. The summed E-state index contributed by atoms with van der Waals surface area (Å²) in [5.41, 5.74) is 0.382. The molecule has 3 saturated carbocycles. The lowest BCUT2D eigenvalue weighted by Crippen LogP contribution is -2.65. The molecule has 0 aromatic heterocycles. The summed E-state index contributed by atoms with van der Waals surface area (Å²) in [6, 6.07) is 0.548. The molecular formula is C16H30IN3O. The van der Waals surface area contributed by atoms with E-state index in [1.165, 1.54) is 38.5 Å². The van der Waals surface area contributed by atoms with Crippen molar-refractivity contribution in [3.63, 3.8) is 0 Å². The van der Waals surface area contributed by atoms with Gasteiger partial charge in [0.2, 0.25) is 0 Å². The molecule has 0 aliphatic heterocycles. The van der Waals surface area contributed by atoms with E-state index in [1.54, 1.807) is 0 Å². The van der Waals surface area contributed by atoms with Crippen LogP contribution in [0.25, 0.3) is 0 Å². The Balaban J connectivity index is 0.00000161. The molecule has 4 nitrogen and oxygen atoms in total. The van der Waals surface area contributed by atoms with Crippen LogP contribution in [0.3, 0.4) is 0 Å². The Bertz CT molecular complexity index is 365. The lowest BCUT2D eigenvalue weighted by molar-refractivity contribution is -0.125. The number of hydrogen-bond donors (Lipinski definition) is 2. The zero-order valence-corrected chi connectivity index (χ0v) is 15.7. The monoisotopic (exact) mass is 407 g/mol. The first-order valence-corrected chi connectivity index (χ1v) is 8.37. The summed E-state index contributed by atoms with van der Waals surface area (Å²) in [6.07, 6.45) is 9.70. The highest BCUT2D eigenvalue weighted by molar-refractivity contribution is 14.0. The molecule has 122 valence electrons. The summed E-state index contributed by atoms with van der Waals surface area (Å²) < 4.78 is 5.97. The number of rotatable bonds is 5. The molecule has 2 N–H and O–H groups in total. The molecule has 0 saturated heterocycles. The van der Waals surface area contributed by atoms with Crippen LogP contribution in [0.2, 0.25) is 0 Å². The number of hydrogen-bond acceptors (Lipinski definition) is 2. The lowest BCUT2D eigenvalue weighted by atomic mass is 9.60. The molecule has 0 heterocycles. The first-order chi connectivity index (χ1) is 9.78. The Kier molecular flexibility index (Phi) is 6.17. The fourth-order valence-electron chi connectivity index (χ4n) is 4.01. The van der Waals surface area contributed by atoms with E-state index in [0.717, 1.165) is 31.4 Å². The number of nitrogens with one attached hydrogen (secondary N) is 2. The fourth-order valence-corrected chi connectivity index (χ4v) is 4.01. The SMILES string of the molecule is CCOC1CC(NC(=NC)NCC2CC2)C12CCCC2.I. The van der Waals surface area contributed by atoms with Crippen LogP contribution in [0.5, 0.6) is 0 Å². The normalized spacial score (nSPS) is 30.7. The number of halogens is 1. The topological polar surface area (TPSA) is 45.6 Å². The van der Waals surface area contributed by atoms with Crippen LogP contribution >= 0.6 is 24.0 Å². The molecule has 3 fully saturated rings. The van der Waals surface area contributed by atoms with Gasteiger partial charge in [0, 0.05) is 31.7 Å². The van der Waals surface area contributed by atoms with Crippen molar-refractivity contribution in [3.8, 4) is 0 Å². The minimum absolute atomic E-state index is 0. The van der Waals surface area contributed by atoms with Crippen molar-refractivity contribution in [2.24, 2.45) is 16.3 Å². The van der Waals surface area contributed by atoms with Gasteiger partial charge in [0.25, 0.3) is 0 Å². The molecule has 21 heavy (non-hydrogen) atoms. The molecule has 0 aromatic carbocycles. The van der Waals surface area contributed by atoms with Crippen LogP contribution in [0.4, 0.5) is 0 Å². The highest BCUT2D eigenvalue weighted by atomic mass is 127.